The van der Waals surface area contributed by atoms with Gasteiger partial charge in [-0.2, -0.15) is 0 Å². The van der Waals surface area contributed by atoms with Crippen LogP contribution in [0.3, 0.4) is 0 Å². The number of para-hydroxylation sites is 1. The van der Waals surface area contributed by atoms with Crippen molar-refractivity contribution in [2.24, 2.45) is 0 Å². The van der Waals surface area contributed by atoms with E-state index in [1.807, 2.05) is 24.3 Å². The predicted octanol–water partition coefficient (Wildman–Crippen LogP) is 4.14. The first-order valence-electron chi connectivity index (χ1n) is 8.20. The van der Waals surface area contributed by atoms with Crippen molar-refractivity contribution in [3.63, 3.8) is 0 Å². The number of hydrogen-bond acceptors (Lipinski definition) is 5. The molecule has 2 aromatic carbocycles. The van der Waals surface area contributed by atoms with E-state index in [1.54, 1.807) is 54.5 Å². The molecule has 0 unspecified atom stereocenters. The van der Waals surface area contributed by atoms with Gasteiger partial charge in [-0.1, -0.05) is 12.1 Å². The molecular weight excluding hydrogens is 350 g/mol. The topological polar surface area (TPSA) is 71.5 Å². The zero-order valence-corrected chi connectivity index (χ0v) is 15.4. The van der Waals surface area contributed by atoms with Crippen LogP contribution < -0.4 is 5.32 Å². The number of carbonyl (C=O) groups excluding carboxylic acids is 2. The van der Waals surface area contributed by atoms with Gasteiger partial charge in [-0.3, -0.25) is 10.1 Å². The summed E-state index contributed by atoms with van der Waals surface area (Å²) in [6, 6.07) is 14.6. The van der Waals surface area contributed by atoms with Crippen molar-refractivity contribution < 1.29 is 14.3 Å². The standard InChI is InChI=1S/C19H19N3O3S/c1-3-25-19(24)20-14-10-8-13(9-11-14)18(23)22(2)12-17-21-15-6-4-5-7-16(15)26-17/h4-11H,3,12H2,1-2H3,(H,20,24). The van der Waals surface area contributed by atoms with Gasteiger partial charge in [0.15, 0.2) is 0 Å². The lowest BCUT2D eigenvalue weighted by atomic mass is 10.2. The lowest BCUT2D eigenvalue weighted by Crippen LogP contribution is -2.26. The highest BCUT2D eigenvalue weighted by atomic mass is 32.1. The Morgan fingerprint density at radius 1 is 1.15 bits per heavy atom. The summed E-state index contributed by atoms with van der Waals surface area (Å²) in [6.07, 6.45) is -0.514. The summed E-state index contributed by atoms with van der Waals surface area (Å²) >= 11 is 1.59. The number of ether oxygens (including phenoxy) is 1. The second kappa shape index (κ2) is 7.97. The van der Waals surface area contributed by atoms with E-state index in [4.69, 9.17) is 4.74 Å². The zero-order chi connectivity index (χ0) is 18.5. The maximum Gasteiger partial charge on any atom is 0.411 e. The van der Waals surface area contributed by atoms with Crippen molar-refractivity contribution in [3.05, 3.63) is 59.1 Å². The van der Waals surface area contributed by atoms with Gasteiger partial charge in [-0.15, -0.1) is 11.3 Å². The third-order valence-corrected chi connectivity index (χ3v) is 4.73. The average Bonchev–Trinajstić information content (AvgIpc) is 3.04. The van der Waals surface area contributed by atoms with Gasteiger partial charge in [0.2, 0.25) is 0 Å². The molecule has 3 aromatic rings. The van der Waals surface area contributed by atoms with Crippen LogP contribution in [0, 0.1) is 0 Å². The van der Waals surface area contributed by atoms with Gasteiger partial charge in [0, 0.05) is 18.3 Å². The maximum atomic E-state index is 12.6. The molecule has 1 heterocycles. The molecule has 0 atom stereocenters. The van der Waals surface area contributed by atoms with E-state index in [1.165, 1.54) is 0 Å². The number of amides is 2. The fourth-order valence-electron chi connectivity index (χ4n) is 2.46. The van der Waals surface area contributed by atoms with Crippen molar-refractivity contribution in [1.82, 2.24) is 9.88 Å². The number of aromatic nitrogens is 1. The van der Waals surface area contributed by atoms with Crippen molar-refractivity contribution in [2.45, 2.75) is 13.5 Å². The highest BCUT2D eigenvalue weighted by molar-refractivity contribution is 7.18. The summed E-state index contributed by atoms with van der Waals surface area (Å²) < 4.78 is 5.93. The lowest BCUT2D eigenvalue weighted by molar-refractivity contribution is 0.0785. The van der Waals surface area contributed by atoms with Gasteiger partial charge in [0.1, 0.15) is 5.01 Å². The van der Waals surface area contributed by atoms with Crippen molar-refractivity contribution in [1.29, 1.82) is 0 Å². The van der Waals surface area contributed by atoms with E-state index in [0.29, 0.717) is 24.4 Å². The minimum Gasteiger partial charge on any atom is -0.450 e. The van der Waals surface area contributed by atoms with Gasteiger partial charge >= 0.3 is 6.09 Å². The molecule has 0 spiro atoms. The molecule has 7 heteroatoms. The van der Waals surface area contributed by atoms with Crippen LogP contribution in [0.2, 0.25) is 0 Å². The summed E-state index contributed by atoms with van der Waals surface area (Å²) in [6.45, 7) is 2.49. The molecule has 0 aliphatic rings. The SMILES string of the molecule is CCOC(=O)Nc1ccc(C(=O)N(C)Cc2nc3ccccc3s2)cc1. The van der Waals surface area contributed by atoms with Crippen LogP contribution in [0.15, 0.2) is 48.5 Å². The van der Waals surface area contributed by atoms with Crippen LogP contribution in [0.5, 0.6) is 0 Å². The molecule has 0 saturated carbocycles. The maximum absolute atomic E-state index is 12.6. The Morgan fingerprint density at radius 3 is 2.58 bits per heavy atom. The third-order valence-electron chi connectivity index (χ3n) is 3.71. The minimum absolute atomic E-state index is 0.105. The molecule has 0 aliphatic carbocycles. The fourth-order valence-corrected chi connectivity index (χ4v) is 3.48. The monoisotopic (exact) mass is 369 g/mol. The molecule has 0 fully saturated rings. The Labute approximate surface area is 155 Å². The van der Waals surface area contributed by atoms with Crippen LogP contribution in [0.4, 0.5) is 10.5 Å². The van der Waals surface area contributed by atoms with Gasteiger partial charge in [-0.05, 0) is 43.3 Å². The molecule has 134 valence electrons. The van der Waals surface area contributed by atoms with Crippen molar-refractivity contribution in [3.8, 4) is 0 Å². The molecule has 26 heavy (non-hydrogen) atoms. The first kappa shape index (κ1) is 17.9. The van der Waals surface area contributed by atoms with E-state index in [9.17, 15) is 9.59 Å². The van der Waals surface area contributed by atoms with Gasteiger partial charge < -0.3 is 9.64 Å². The lowest BCUT2D eigenvalue weighted by Gasteiger charge is -2.16. The molecule has 3 rings (SSSR count). The van der Waals surface area contributed by atoms with E-state index in [2.05, 4.69) is 10.3 Å². The zero-order valence-electron chi connectivity index (χ0n) is 14.6. The summed E-state index contributed by atoms with van der Waals surface area (Å²) in [4.78, 5) is 30.2. The molecule has 1 aromatic heterocycles. The van der Waals surface area contributed by atoms with E-state index in [-0.39, 0.29) is 5.91 Å². The van der Waals surface area contributed by atoms with Crippen LogP contribution in [-0.2, 0) is 11.3 Å². The summed E-state index contributed by atoms with van der Waals surface area (Å²) in [5, 5.41) is 3.49. The van der Waals surface area contributed by atoms with E-state index >= 15 is 0 Å². The smallest absolute Gasteiger partial charge is 0.411 e. The highest BCUT2D eigenvalue weighted by Crippen LogP contribution is 2.23. The molecule has 0 radical (unpaired) electrons. The summed E-state index contributed by atoms with van der Waals surface area (Å²) in [5.74, 6) is -0.105. The Morgan fingerprint density at radius 2 is 1.88 bits per heavy atom. The number of nitrogens with one attached hydrogen (secondary N) is 1. The normalized spacial score (nSPS) is 10.5. The Bertz CT molecular complexity index is 888. The molecule has 1 N–H and O–H groups in total. The quantitative estimate of drug-likeness (QED) is 0.734. The van der Waals surface area contributed by atoms with Crippen LogP contribution in [0.25, 0.3) is 10.2 Å². The number of benzene rings is 2. The van der Waals surface area contributed by atoms with E-state index in [0.717, 1.165) is 15.2 Å². The van der Waals surface area contributed by atoms with Gasteiger partial charge in [-0.25, -0.2) is 9.78 Å². The fraction of sp³-hybridized carbons (Fsp3) is 0.211. The molecule has 0 saturated heterocycles. The number of fused-ring (bicyclic) bond motifs is 1. The van der Waals surface area contributed by atoms with Crippen LogP contribution in [0.1, 0.15) is 22.3 Å². The van der Waals surface area contributed by atoms with Crippen LogP contribution >= 0.6 is 11.3 Å². The molecular formula is C19H19N3O3S. The Hall–Kier alpha value is -2.93. The van der Waals surface area contributed by atoms with Gasteiger partial charge in [0.25, 0.3) is 5.91 Å². The summed E-state index contributed by atoms with van der Waals surface area (Å²) in [7, 11) is 1.75. The molecule has 0 bridgehead atoms. The average molecular weight is 369 g/mol. The number of thiazole rings is 1. The first-order valence-corrected chi connectivity index (χ1v) is 9.02. The number of carbonyl (C=O) groups is 2. The van der Waals surface area contributed by atoms with Crippen LogP contribution in [-0.4, -0.2) is 35.5 Å². The highest BCUT2D eigenvalue weighted by Gasteiger charge is 2.14. The first-order chi connectivity index (χ1) is 12.6. The number of hydrogen-bond donors (Lipinski definition) is 1. The molecule has 6 nitrogen and oxygen atoms in total. The summed E-state index contributed by atoms with van der Waals surface area (Å²) in [5.41, 5.74) is 2.07. The molecule has 0 aliphatic heterocycles. The Balaban J connectivity index is 1.65. The van der Waals surface area contributed by atoms with E-state index < -0.39 is 6.09 Å². The number of anilines is 1. The second-order valence-electron chi connectivity index (χ2n) is 5.66. The molecule has 2 amide bonds. The van der Waals surface area contributed by atoms with Crippen molar-refractivity contribution >= 4 is 39.2 Å². The van der Waals surface area contributed by atoms with Gasteiger partial charge in [0.05, 0.1) is 23.4 Å². The largest absolute Gasteiger partial charge is 0.450 e. The Kier molecular flexibility index (Phi) is 5.48. The number of rotatable bonds is 5. The predicted molar refractivity (Wildman–Crippen MR) is 103 cm³/mol. The second-order valence-corrected chi connectivity index (χ2v) is 6.77. The van der Waals surface area contributed by atoms with Crippen molar-refractivity contribution in [2.75, 3.05) is 19.0 Å². The third kappa shape index (κ3) is 4.18. The minimum atomic E-state index is -0.514. The number of nitrogens with zero attached hydrogens (tertiary/aromatic N) is 2.